The molecule has 0 spiro atoms. The van der Waals surface area contributed by atoms with Crippen LogP contribution in [0.2, 0.25) is 0 Å². The summed E-state index contributed by atoms with van der Waals surface area (Å²) in [5.74, 6) is 3.29. The highest BCUT2D eigenvalue weighted by molar-refractivity contribution is 7.99. The summed E-state index contributed by atoms with van der Waals surface area (Å²) < 4.78 is 4.86. The van der Waals surface area contributed by atoms with Gasteiger partial charge in [0.25, 0.3) is 0 Å². The molecule has 2 rings (SSSR count). The quantitative estimate of drug-likeness (QED) is 0.465. The van der Waals surface area contributed by atoms with Crippen molar-refractivity contribution >= 4 is 23.7 Å². The number of ether oxygens (including phenoxy) is 1. The van der Waals surface area contributed by atoms with Gasteiger partial charge in [0.1, 0.15) is 0 Å². The van der Waals surface area contributed by atoms with E-state index in [9.17, 15) is 4.79 Å². The van der Waals surface area contributed by atoms with Crippen LogP contribution in [0.25, 0.3) is 0 Å². The minimum Gasteiger partial charge on any atom is -0.469 e. The number of hydrogen-bond donors (Lipinski definition) is 1. The van der Waals surface area contributed by atoms with Gasteiger partial charge in [-0.15, -0.1) is 0 Å². The van der Waals surface area contributed by atoms with Gasteiger partial charge in [0.2, 0.25) is 0 Å². The zero-order chi connectivity index (χ0) is 16.9. The molecule has 1 N–H and O–H groups in total. The number of likely N-dealkylation sites (tertiary alicyclic amines) is 1. The summed E-state index contributed by atoms with van der Waals surface area (Å²) in [5, 5.41) is 3.57. The Morgan fingerprint density at radius 3 is 2.61 bits per heavy atom. The number of rotatable bonds is 4. The fourth-order valence-corrected chi connectivity index (χ4v) is 4.87. The van der Waals surface area contributed by atoms with Gasteiger partial charge in [0, 0.05) is 38.0 Å². The molecule has 0 saturated carbocycles. The molecule has 2 fully saturated rings. The molecule has 23 heavy (non-hydrogen) atoms. The first kappa shape index (κ1) is 18.4. The lowest BCUT2D eigenvalue weighted by atomic mass is 9.96. The lowest BCUT2D eigenvalue weighted by molar-refractivity contribution is -0.146. The van der Waals surface area contributed by atoms with Crippen LogP contribution in [0.4, 0.5) is 0 Å². The fraction of sp³-hybridized carbons (Fsp3) is 0.875. The molecule has 2 heterocycles. The average Bonchev–Trinajstić information content (AvgIpc) is 3.05. The number of guanidine groups is 1. The van der Waals surface area contributed by atoms with E-state index in [0.717, 1.165) is 44.2 Å². The van der Waals surface area contributed by atoms with E-state index in [-0.39, 0.29) is 17.4 Å². The Morgan fingerprint density at radius 2 is 2.13 bits per heavy atom. The van der Waals surface area contributed by atoms with Gasteiger partial charge in [-0.05, 0) is 39.1 Å². The van der Waals surface area contributed by atoms with E-state index >= 15 is 0 Å². The van der Waals surface area contributed by atoms with Gasteiger partial charge in [0.15, 0.2) is 5.96 Å². The molecular weight excluding hydrogens is 312 g/mol. The summed E-state index contributed by atoms with van der Waals surface area (Å²) in [6.45, 7) is 2.61. The molecule has 0 aromatic carbocycles. The first-order valence-electron chi connectivity index (χ1n) is 8.31. The fourth-order valence-electron chi connectivity index (χ4n) is 3.32. The van der Waals surface area contributed by atoms with Gasteiger partial charge in [-0.3, -0.25) is 9.79 Å². The lowest BCUT2D eigenvalue weighted by Gasteiger charge is -2.38. The van der Waals surface area contributed by atoms with Gasteiger partial charge in [-0.1, -0.05) is 0 Å². The Morgan fingerprint density at radius 1 is 1.43 bits per heavy atom. The third-order valence-electron chi connectivity index (χ3n) is 5.15. The van der Waals surface area contributed by atoms with Crippen LogP contribution in [0.3, 0.4) is 0 Å². The standard InChI is InChI=1S/C16H30N4O2S/c1-17-15(18-11-16(19(2)3)7-10-23-12-16)20-8-5-13(6-9-20)14(21)22-4/h13H,5-12H2,1-4H3,(H,17,18). The molecule has 7 heteroatoms. The Labute approximate surface area is 144 Å². The van der Waals surface area contributed by atoms with E-state index in [0.29, 0.717) is 0 Å². The number of carbonyl (C=O) groups is 1. The normalized spacial score (nSPS) is 26.7. The second-order valence-corrected chi connectivity index (χ2v) is 7.71. The van der Waals surface area contributed by atoms with Crippen LogP contribution in [0.5, 0.6) is 0 Å². The van der Waals surface area contributed by atoms with Crippen LogP contribution in [-0.4, -0.2) is 86.7 Å². The van der Waals surface area contributed by atoms with Crippen molar-refractivity contribution < 1.29 is 9.53 Å². The molecule has 2 saturated heterocycles. The van der Waals surface area contributed by atoms with Gasteiger partial charge < -0.3 is 19.9 Å². The molecule has 0 aromatic heterocycles. The van der Waals surface area contributed by atoms with Crippen molar-refractivity contribution in [2.75, 3.05) is 59.4 Å². The van der Waals surface area contributed by atoms with E-state index in [4.69, 9.17) is 4.74 Å². The molecule has 0 amide bonds. The maximum absolute atomic E-state index is 11.6. The first-order chi connectivity index (χ1) is 11.0. The second-order valence-electron chi connectivity index (χ2n) is 6.61. The van der Waals surface area contributed by atoms with E-state index in [1.165, 1.54) is 19.3 Å². The van der Waals surface area contributed by atoms with Gasteiger partial charge in [-0.2, -0.15) is 11.8 Å². The molecule has 0 bridgehead atoms. The summed E-state index contributed by atoms with van der Waals surface area (Å²) in [6.07, 6.45) is 2.88. The van der Waals surface area contributed by atoms with Crippen molar-refractivity contribution in [3.8, 4) is 0 Å². The number of nitrogens with zero attached hydrogens (tertiary/aromatic N) is 3. The molecule has 0 aliphatic carbocycles. The molecule has 6 nitrogen and oxygen atoms in total. The highest BCUT2D eigenvalue weighted by Crippen LogP contribution is 2.31. The highest BCUT2D eigenvalue weighted by atomic mass is 32.2. The van der Waals surface area contributed by atoms with Crippen LogP contribution < -0.4 is 5.32 Å². The Kier molecular flexibility index (Phi) is 6.59. The molecule has 132 valence electrons. The van der Waals surface area contributed by atoms with Crippen molar-refractivity contribution in [3.05, 3.63) is 0 Å². The number of hydrogen-bond acceptors (Lipinski definition) is 5. The van der Waals surface area contributed by atoms with Crippen LogP contribution >= 0.6 is 11.8 Å². The number of esters is 1. The number of piperidine rings is 1. The lowest BCUT2D eigenvalue weighted by Crippen LogP contribution is -2.56. The summed E-state index contributed by atoms with van der Waals surface area (Å²) in [5.41, 5.74) is 0.213. The zero-order valence-electron chi connectivity index (χ0n) is 14.8. The van der Waals surface area contributed by atoms with Crippen molar-refractivity contribution in [1.29, 1.82) is 0 Å². The first-order valence-corrected chi connectivity index (χ1v) is 9.46. The third-order valence-corrected chi connectivity index (χ3v) is 6.38. The van der Waals surface area contributed by atoms with Gasteiger partial charge in [-0.25, -0.2) is 0 Å². The molecule has 2 aliphatic rings. The molecule has 0 aromatic rings. The summed E-state index contributed by atoms with van der Waals surface area (Å²) >= 11 is 2.02. The molecular formula is C16H30N4O2S. The number of likely N-dealkylation sites (N-methyl/N-ethyl adjacent to an activating group) is 1. The van der Waals surface area contributed by atoms with Crippen molar-refractivity contribution in [2.24, 2.45) is 10.9 Å². The summed E-state index contributed by atoms with van der Waals surface area (Å²) in [7, 11) is 7.63. The third kappa shape index (κ3) is 4.32. The highest BCUT2D eigenvalue weighted by Gasteiger charge is 2.37. The van der Waals surface area contributed by atoms with Crippen molar-refractivity contribution in [3.63, 3.8) is 0 Å². The SMILES string of the molecule is CN=C(NCC1(N(C)C)CCSC1)N1CCC(C(=O)OC)CC1. The largest absolute Gasteiger partial charge is 0.469 e. The smallest absolute Gasteiger partial charge is 0.308 e. The zero-order valence-corrected chi connectivity index (χ0v) is 15.6. The predicted octanol–water partition coefficient (Wildman–Crippen LogP) is 0.884. The van der Waals surface area contributed by atoms with Crippen molar-refractivity contribution in [1.82, 2.24) is 15.1 Å². The predicted molar refractivity (Wildman–Crippen MR) is 96.0 cm³/mol. The summed E-state index contributed by atoms with van der Waals surface area (Å²) in [4.78, 5) is 20.7. The number of carbonyl (C=O) groups excluding carboxylic acids is 1. The summed E-state index contributed by atoms with van der Waals surface area (Å²) in [6, 6.07) is 0. The Balaban J connectivity index is 1.88. The second kappa shape index (κ2) is 8.24. The van der Waals surface area contributed by atoms with E-state index < -0.39 is 0 Å². The number of nitrogens with one attached hydrogen (secondary N) is 1. The topological polar surface area (TPSA) is 57.2 Å². The minimum absolute atomic E-state index is 0.0358. The monoisotopic (exact) mass is 342 g/mol. The maximum atomic E-state index is 11.6. The van der Waals surface area contributed by atoms with Crippen LogP contribution in [-0.2, 0) is 9.53 Å². The molecule has 0 radical (unpaired) electrons. The van der Waals surface area contributed by atoms with Crippen LogP contribution in [0.15, 0.2) is 4.99 Å². The maximum Gasteiger partial charge on any atom is 0.308 e. The number of methoxy groups -OCH3 is 1. The van der Waals surface area contributed by atoms with Crippen LogP contribution in [0, 0.1) is 5.92 Å². The number of aliphatic imine (C=N–C) groups is 1. The Bertz CT molecular complexity index is 428. The van der Waals surface area contributed by atoms with Gasteiger partial charge >= 0.3 is 5.97 Å². The van der Waals surface area contributed by atoms with E-state index in [1.54, 1.807) is 0 Å². The number of thioether (sulfide) groups is 1. The van der Waals surface area contributed by atoms with E-state index in [2.05, 4.69) is 34.2 Å². The Hall–Kier alpha value is -0.950. The molecule has 1 atom stereocenters. The molecule has 2 aliphatic heterocycles. The van der Waals surface area contributed by atoms with E-state index in [1.807, 2.05) is 18.8 Å². The minimum atomic E-state index is -0.0814. The average molecular weight is 343 g/mol. The molecule has 1 unspecified atom stereocenters. The van der Waals surface area contributed by atoms with Gasteiger partial charge in [0.05, 0.1) is 13.0 Å². The van der Waals surface area contributed by atoms with Crippen molar-refractivity contribution in [2.45, 2.75) is 24.8 Å². The van der Waals surface area contributed by atoms with Crippen LogP contribution in [0.1, 0.15) is 19.3 Å².